The van der Waals surface area contributed by atoms with E-state index in [-0.39, 0.29) is 6.10 Å². The molecule has 2 aromatic rings. The summed E-state index contributed by atoms with van der Waals surface area (Å²) >= 11 is 9.36. The third kappa shape index (κ3) is 3.48. The summed E-state index contributed by atoms with van der Waals surface area (Å²) in [5.74, 6) is 0.720. The third-order valence-electron chi connectivity index (χ3n) is 2.51. The molecule has 0 spiro atoms. The van der Waals surface area contributed by atoms with Crippen LogP contribution in [-0.4, -0.2) is 6.54 Å². The summed E-state index contributed by atoms with van der Waals surface area (Å²) in [6, 6.07) is 15.2. The van der Waals surface area contributed by atoms with Gasteiger partial charge in [-0.05, 0) is 35.9 Å². The molecule has 94 valence electrons. The van der Waals surface area contributed by atoms with Crippen LogP contribution in [0.2, 0.25) is 5.02 Å². The van der Waals surface area contributed by atoms with Crippen molar-refractivity contribution in [3.63, 3.8) is 0 Å². The summed E-state index contributed by atoms with van der Waals surface area (Å²) in [4.78, 5) is 0. The molecule has 0 aliphatic heterocycles. The molecule has 0 saturated heterocycles. The van der Waals surface area contributed by atoms with Crippen molar-refractivity contribution in [2.75, 3.05) is 6.54 Å². The second kappa shape index (κ2) is 6.23. The van der Waals surface area contributed by atoms with Crippen molar-refractivity contribution in [3.05, 3.63) is 63.6 Å². The van der Waals surface area contributed by atoms with Gasteiger partial charge in [0.2, 0.25) is 0 Å². The fourth-order valence-corrected chi connectivity index (χ4v) is 2.26. The zero-order valence-corrected chi connectivity index (χ0v) is 12.0. The first-order valence-corrected chi connectivity index (χ1v) is 6.74. The van der Waals surface area contributed by atoms with Gasteiger partial charge in [-0.1, -0.05) is 45.7 Å². The minimum absolute atomic E-state index is 0.180. The summed E-state index contributed by atoms with van der Waals surface area (Å²) < 4.78 is 6.86. The summed E-state index contributed by atoms with van der Waals surface area (Å²) in [6.45, 7) is 0.406. The molecule has 0 fully saturated rings. The second-order valence-corrected chi connectivity index (χ2v) is 5.21. The van der Waals surface area contributed by atoms with Gasteiger partial charge in [0.25, 0.3) is 0 Å². The molecule has 2 rings (SSSR count). The highest BCUT2D eigenvalue weighted by molar-refractivity contribution is 9.10. The maximum absolute atomic E-state index is 5.92. The van der Waals surface area contributed by atoms with Gasteiger partial charge < -0.3 is 10.5 Å². The largest absolute Gasteiger partial charge is 0.484 e. The van der Waals surface area contributed by atoms with Gasteiger partial charge in [0.15, 0.2) is 0 Å². The van der Waals surface area contributed by atoms with Crippen LogP contribution < -0.4 is 10.5 Å². The van der Waals surface area contributed by atoms with E-state index < -0.39 is 0 Å². The predicted molar refractivity (Wildman–Crippen MR) is 78.0 cm³/mol. The highest BCUT2D eigenvalue weighted by Crippen LogP contribution is 2.25. The molecular weight excluding hydrogens is 314 g/mol. The molecule has 2 N–H and O–H groups in total. The van der Waals surface area contributed by atoms with Crippen molar-refractivity contribution in [1.29, 1.82) is 0 Å². The molecule has 0 radical (unpaired) electrons. The maximum Gasteiger partial charge on any atom is 0.136 e. The van der Waals surface area contributed by atoms with Crippen molar-refractivity contribution in [3.8, 4) is 5.75 Å². The topological polar surface area (TPSA) is 35.2 Å². The standard InChI is InChI=1S/C14H13BrClNO/c15-11-4-1-3-10(7-11)14(9-17)18-13-6-2-5-12(16)8-13/h1-8,14H,9,17H2. The number of hydrogen-bond acceptors (Lipinski definition) is 2. The second-order valence-electron chi connectivity index (χ2n) is 3.85. The van der Waals surface area contributed by atoms with Crippen LogP contribution in [-0.2, 0) is 0 Å². The minimum atomic E-state index is -0.180. The Bertz CT molecular complexity index is 533. The Balaban J connectivity index is 2.19. The molecular formula is C14H13BrClNO. The van der Waals surface area contributed by atoms with Gasteiger partial charge >= 0.3 is 0 Å². The molecule has 0 aromatic heterocycles. The minimum Gasteiger partial charge on any atom is -0.484 e. The molecule has 0 aliphatic carbocycles. The zero-order chi connectivity index (χ0) is 13.0. The summed E-state index contributed by atoms with van der Waals surface area (Å²) in [5, 5.41) is 0.650. The first-order valence-electron chi connectivity index (χ1n) is 5.57. The lowest BCUT2D eigenvalue weighted by Crippen LogP contribution is -2.18. The van der Waals surface area contributed by atoms with Crippen LogP contribution in [0.15, 0.2) is 53.0 Å². The van der Waals surface area contributed by atoms with E-state index in [1.165, 1.54) is 0 Å². The fourth-order valence-electron chi connectivity index (χ4n) is 1.66. The first kappa shape index (κ1) is 13.4. The van der Waals surface area contributed by atoms with Crippen LogP contribution in [0.25, 0.3) is 0 Å². The quantitative estimate of drug-likeness (QED) is 0.914. The fraction of sp³-hybridized carbons (Fsp3) is 0.143. The molecule has 1 atom stereocenters. The number of halogens is 2. The Hall–Kier alpha value is -1.03. The summed E-state index contributed by atoms with van der Waals surface area (Å²) in [7, 11) is 0. The molecule has 0 aliphatic rings. The Morgan fingerprint density at radius 2 is 1.94 bits per heavy atom. The average molecular weight is 327 g/mol. The molecule has 2 aromatic carbocycles. The van der Waals surface area contributed by atoms with Crippen LogP contribution in [0, 0.1) is 0 Å². The van der Waals surface area contributed by atoms with Crippen LogP contribution >= 0.6 is 27.5 Å². The average Bonchev–Trinajstić information content (AvgIpc) is 2.36. The summed E-state index contributed by atoms with van der Waals surface area (Å²) in [5.41, 5.74) is 6.80. The molecule has 0 saturated carbocycles. The monoisotopic (exact) mass is 325 g/mol. The van der Waals surface area contributed by atoms with E-state index in [1.807, 2.05) is 42.5 Å². The lowest BCUT2D eigenvalue weighted by Gasteiger charge is -2.18. The van der Waals surface area contributed by atoms with Crippen molar-refractivity contribution in [1.82, 2.24) is 0 Å². The zero-order valence-electron chi connectivity index (χ0n) is 9.64. The Labute approximate surface area is 120 Å². The van der Waals surface area contributed by atoms with E-state index in [2.05, 4.69) is 15.9 Å². The molecule has 1 unspecified atom stereocenters. The number of hydrogen-bond donors (Lipinski definition) is 1. The smallest absolute Gasteiger partial charge is 0.136 e. The van der Waals surface area contributed by atoms with E-state index in [1.54, 1.807) is 6.07 Å². The van der Waals surface area contributed by atoms with Gasteiger partial charge in [0, 0.05) is 16.0 Å². The maximum atomic E-state index is 5.92. The number of benzene rings is 2. The first-order chi connectivity index (χ1) is 8.69. The molecule has 4 heteroatoms. The molecule has 0 heterocycles. The van der Waals surface area contributed by atoms with Crippen molar-refractivity contribution >= 4 is 27.5 Å². The SMILES string of the molecule is NCC(Oc1cccc(Cl)c1)c1cccc(Br)c1. The number of nitrogens with two attached hydrogens (primary N) is 1. The Morgan fingerprint density at radius 1 is 1.17 bits per heavy atom. The van der Waals surface area contributed by atoms with Crippen molar-refractivity contribution < 1.29 is 4.74 Å². The van der Waals surface area contributed by atoms with Crippen LogP contribution in [0.1, 0.15) is 11.7 Å². The predicted octanol–water partition coefficient (Wildman–Crippen LogP) is 4.18. The van der Waals surface area contributed by atoms with Crippen LogP contribution in [0.4, 0.5) is 0 Å². The van der Waals surface area contributed by atoms with Gasteiger partial charge in [-0.2, -0.15) is 0 Å². The Morgan fingerprint density at radius 3 is 2.61 bits per heavy atom. The van der Waals surface area contributed by atoms with E-state index in [9.17, 15) is 0 Å². The van der Waals surface area contributed by atoms with Crippen molar-refractivity contribution in [2.24, 2.45) is 5.73 Å². The van der Waals surface area contributed by atoms with Crippen LogP contribution in [0.5, 0.6) is 5.75 Å². The van der Waals surface area contributed by atoms with Gasteiger partial charge in [-0.15, -0.1) is 0 Å². The highest BCUT2D eigenvalue weighted by Gasteiger charge is 2.11. The van der Waals surface area contributed by atoms with Gasteiger partial charge in [-0.3, -0.25) is 0 Å². The van der Waals surface area contributed by atoms with E-state index in [0.717, 1.165) is 15.8 Å². The molecule has 18 heavy (non-hydrogen) atoms. The Kier molecular flexibility index (Phi) is 4.64. The van der Waals surface area contributed by atoms with Gasteiger partial charge in [0.05, 0.1) is 0 Å². The van der Waals surface area contributed by atoms with E-state index >= 15 is 0 Å². The van der Waals surface area contributed by atoms with Crippen LogP contribution in [0.3, 0.4) is 0 Å². The number of rotatable bonds is 4. The normalized spacial score (nSPS) is 12.2. The number of ether oxygens (including phenoxy) is 1. The molecule has 0 amide bonds. The summed E-state index contributed by atoms with van der Waals surface area (Å²) in [6.07, 6.45) is -0.180. The molecule has 0 bridgehead atoms. The highest BCUT2D eigenvalue weighted by atomic mass is 79.9. The third-order valence-corrected chi connectivity index (χ3v) is 3.24. The van der Waals surface area contributed by atoms with E-state index in [4.69, 9.17) is 22.1 Å². The van der Waals surface area contributed by atoms with Gasteiger partial charge in [0.1, 0.15) is 11.9 Å². The van der Waals surface area contributed by atoms with Gasteiger partial charge in [-0.25, -0.2) is 0 Å². The van der Waals surface area contributed by atoms with Crippen molar-refractivity contribution in [2.45, 2.75) is 6.10 Å². The van der Waals surface area contributed by atoms with E-state index in [0.29, 0.717) is 11.6 Å². The lowest BCUT2D eigenvalue weighted by molar-refractivity contribution is 0.214. The molecule has 2 nitrogen and oxygen atoms in total. The lowest BCUT2D eigenvalue weighted by atomic mass is 10.1.